The van der Waals surface area contributed by atoms with Crippen molar-refractivity contribution in [2.45, 2.75) is 25.3 Å². The van der Waals surface area contributed by atoms with Crippen molar-refractivity contribution in [3.05, 3.63) is 33.8 Å². The second kappa shape index (κ2) is 5.94. The maximum atomic E-state index is 12.3. The number of nitrogens with zero attached hydrogens (tertiary/aromatic N) is 2. The first-order chi connectivity index (χ1) is 9.46. The van der Waals surface area contributed by atoms with Gasteiger partial charge >= 0.3 is 0 Å². The van der Waals surface area contributed by atoms with E-state index in [0.717, 1.165) is 23.1 Å². The van der Waals surface area contributed by atoms with Crippen LogP contribution < -0.4 is 5.32 Å². The number of amides is 1. The Bertz CT molecular complexity index is 557. The summed E-state index contributed by atoms with van der Waals surface area (Å²) in [6.45, 7) is 3.59. The molecular formula is C15H18BrN3O. The van der Waals surface area contributed by atoms with Crippen LogP contribution in [0.5, 0.6) is 0 Å². The highest BCUT2D eigenvalue weighted by atomic mass is 79.9. The van der Waals surface area contributed by atoms with E-state index in [4.69, 9.17) is 0 Å². The van der Waals surface area contributed by atoms with Crippen molar-refractivity contribution in [3.8, 4) is 6.07 Å². The van der Waals surface area contributed by atoms with Crippen LogP contribution in [0.4, 0.5) is 0 Å². The van der Waals surface area contributed by atoms with Gasteiger partial charge in [0.05, 0.1) is 6.07 Å². The van der Waals surface area contributed by atoms with Gasteiger partial charge in [0.15, 0.2) is 0 Å². The number of nitriles is 1. The van der Waals surface area contributed by atoms with Crippen molar-refractivity contribution in [2.24, 2.45) is 0 Å². The predicted molar refractivity (Wildman–Crippen MR) is 81.4 cm³/mol. The second-order valence-electron chi connectivity index (χ2n) is 5.42. The lowest BCUT2D eigenvalue weighted by Gasteiger charge is -2.36. The maximum absolute atomic E-state index is 12.3. The topological polar surface area (TPSA) is 56.1 Å². The minimum atomic E-state index is -0.732. The molecule has 0 atom stereocenters. The predicted octanol–water partition coefficient (Wildman–Crippen LogP) is 2.48. The van der Waals surface area contributed by atoms with Gasteiger partial charge in [-0.1, -0.05) is 15.9 Å². The summed E-state index contributed by atoms with van der Waals surface area (Å²) < 4.78 is 0.975. The molecule has 0 saturated carbocycles. The summed E-state index contributed by atoms with van der Waals surface area (Å²) in [6.07, 6.45) is 1.34. The molecule has 4 nitrogen and oxygen atoms in total. The Balaban J connectivity index is 2.13. The molecule has 2 rings (SSSR count). The fraction of sp³-hybridized carbons (Fsp3) is 0.467. The van der Waals surface area contributed by atoms with Crippen LogP contribution in [0.3, 0.4) is 0 Å². The van der Waals surface area contributed by atoms with Crippen molar-refractivity contribution in [1.29, 1.82) is 5.26 Å². The first-order valence-electron chi connectivity index (χ1n) is 6.64. The first kappa shape index (κ1) is 15.0. The Hall–Kier alpha value is -1.38. The summed E-state index contributed by atoms with van der Waals surface area (Å²) in [4.78, 5) is 14.5. The van der Waals surface area contributed by atoms with E-state index >= 15 is 0 Å². The molecule has 0 aromatic heterocycles. The smallest absolute Gasteiger partial charge is 0.252 e. The van der Waals surface area contributed by atoms with Crippen LogP contribution in [0.2, 0.25) is 0 Å². The van der Waals surface area contributed by atoms with E-state index in [0.29, 0.717) is 18.4 Å². The molecule has 0 spiro atoms. The van der Waals surface area contributed by atoms with Gasteiger partial charge in [0, 0.05) is 23.1 Å². The van der Waals surface area contributed by atoms with Gasteiger partial charge < -0.3 is 10.2 Å². The van der Waals surface area contributed by atoms with E-state index in [1.54, 1.807) is 6.07 Å². The van der Waals surface area contributed by atoms with Gasteiger partial charge in [0.2, 0.25) is 0 Å². The summed E-state index contributed by atoms with van der Waals surface area (Å²) in [5, 5.41) is 12.4. The van der Waals surface area contributed by atoms with Crippen molar-refractivity contribution >= 4 is 21.8 Å². The van der Waals surface area contributed by atoms with Crippen molar-refractivity contribution < 1.29 is 4.79 Å². The van der Waals surface area contributed by atoms with E-state index in [1.807, 2.05) is 26.1 Å². The lowest BCUT2D eigenvalue weighted by Crippen LogP contribution is -2.53. The highest BCUT2D eigenvalue weighted by molar-refractivity contribution is 9.10. The van der Waals surface area contributed by atoms with Crippen LogP contribution in [-0.2, 0) is 0 Å². The van der Waals surface area contributed by atoms with E-state index in [1.165, 1.54) is 0 Å². The quantitative estimate of drug-likeness (QED) is 0.903. The lowest BCUT2D eigenvalue weighted by molar-refractivity contribution is 0.0882. The second-order valence-corrected chi connectivity index (χ2v) is 6.27. The minimum absolute atomic E-state index is 0.174. The molecule has 1 aromatic rings. The molecule has 0 unspecified atom stereocenters. The summed E-state index contributed by atoms with van der Waals surface area (Å²) in [5.41, 5.74) is 0.871. The normalized spacial score (nSPS) is 18.3. The summed E-state index contributed by atoms with van der Waals surface area (Å²) in [7, 11) is 2.03. The molecule has 0 radical (unpaired) electrons. The summed E-state index contributed by atoms with van der Waals surface area (Å²) in [6, 6.07) is 7.76. The first-order valence-corrected chi connectivity index (χ1v) is 7.43. The monoisotopic (exact) mass is 335 g/mol. The molecule has 1 aromatic carbocycles. The molecule has 1 aliphatic rings. The SMILES string of the molecule is Cc1cc(C(=O)NC2(C#N)CCN(C)CC2)ccc1Br. The third-order valence-corrected chi connectivity index (χ3v) is 4.72. The Kier molecular flexibility index (Phi) is 4.46. The van der Waals surface area contributed by atoms with E-state index < -0.39 is 5.54 Å². The molecule has 0 aliphatic carbocycles. The Labute approximate surface area is 127 Å². The molecule has 1 fully saturated rings. The zero-order valence-corrected chi connectivity index (χ0v) is 13.3. The van der Waals surface area contributed by atoms with Gasteiger partial charge in [-0.15, -0.1) is 0 Å². The van der Waals surface area contributed by atoms with Gasteiger partial charge in [0.25, 0.3) is 5.91 Å². The Morgan fingerprint density at radius 1 is 1.45 bits per heavy atom. The van der Waals surface area contributed by atoms with Gasteiger partial charge in [-0.05, 0) is 50.6 Å². The fourth-order valence-electron chi connectivity index (χ4n) is 2.34. The number of nitrogens with one attached hydrogen (secondary N) is 1. The molecule has 1 heterocycles. The number of aryl methyl sites for hydroxylation is 1. The number of hydrogen-bond acceptors (Lipinski definition) is 3. The van der Waals surface area contributed by atoms with Gasteiger partial charge in [-0.2, -0.15) is 5.26 Å². The molecule has 1 aliphatic heterocycles. The van der Waals surface area contributed by atoms with Crippen LogP contribution in [0.1, 0.15) is 28.8 Å². The van der Waals surface area contributed by atoms with Crippen molar-refractivity contribution in [2.75, 3.05) is 20.1 Å². The van der Waals surface area contributed by atoms with E-state index in [-0.39, 0.29) is 5.91 Å². The van der Waals surface area contributed by atoms with Crippen molar-refractivity contribution in [1.82, 2.24) is 10.2 Å². The van der Waals surface area contributed by atoms with E-state index in [9.17, 15) is 10.1 Å². The number of likely N-dealkylation sites (tertiary alicyclic amines) is 1. The number of rotatable bonds is 2. The molecule has 20 heavy (non-hydrogen) atoms. The highest BCUT2D eigenvalue weighted by Crippen LogP contribution is 2.22. The number of halogens is 1. The van der Waals surface area contributed by atoms with Crippen LogP contribution in [0.15, 0.2) is 22.7 Å². The van der Waals surface area contributed by atoms with Crippen LogP contribution >= 0.6 is 15.9 Å². The minimum Gasteiger partial charge on any atom is -0.334 e. The summed E-state index contributed by atoms with van der Waals surface area (Å²) in [5.74, 6) is -0.174. The van der Waals surface area contributed by atoms with Gasteiger partial charge in [0.1, 0.15) is 5.54 Å². The number of carbonyl (C=O) groups is 1. The van der Waals surface area contributed by atoms with Crippen LogP contribution in [0.25, 0.3) is 0 Å². The van der Waals surface area contributed by atoms with Gasteiger partial charge in [-0.3, -0.25) is 4.79 Å². The molecule has 1 amide bonds. The Morgan fingerprint density at radius 2 is 2.10 bits per heavy atom. The average molecular weight is 336 g/mol. The number of benzene rings is 1. The average Bonchev–Trinajstić information content (AvgIpc) is 2.44. The van der Waals surface area contributed by atoms with E-state index in [2.05, 4.69) is 32.2 Å². The largest absolute Gasteiger partial charge is 0.334 e. The number of hydrogen-bond donors (Lipinski definition) is 1. The third-order valence-electron chi connectivity index (χ3n) is 3.83. The molecule has 5 heteroatoms. The molecule has 1 saturated heterocycles. The van der Waals surface area contributed by atoms with Gasteiger partial charge in [-0.25, -0.2) is 0 Å². The molecule has 1 N–H and O–H groups in total. The van der Waals surface area contributed by atoms with Crippen LogP contribution in [0, 0.1) is 18.3 Å². The number of carbonyl (C=O) groups excluding carboxylic acids is 1. The maximum Gasteiger partial charge on any atom is 0.252 e. The third kappa shape index (κ3) is 3.20. The zero-order chi connectivity index (χ0) is 14.8. The standard InChI is InChI=1S/C15H18BrN3O/c1-11-9-12(3-4-13(11)16)14(20)18-15(10-17)5-7-19(2)8-6-15/h3-4,9H,5-8H2,1-2H3,(H,18,20). The molecule has 106 valence electrons. The number of piperidine rings is 1. The highest BCUT2D eigenvalue weighted by Gasteiger charge is 2.35. The summed E-state index contributed by atoms with van der Waals surface area (Å²) >= 11 is 3.42. The van der Waals surface area contributed by atoms with Crippen molar-refractivity contribution in [3.63, 3.8) is 0 Å². The zero-order valence-electron chi connectivity index (χ0n) is 11.7. The molecular weight excluding hydrogens is 318 g/mol. The van der Waals surface area contributed by atoms with Crippen LogP contribution in [-0.4, -0.2) is 36.5 Å². The Morgan fingerprint density at radius 3 is 2.65 bits per heavy atom. The fourth-order valence-corrected chi connectivity index (χ4v) is 2.59. The molecule has 0 bridgehead atoms. The lowest BCUT2D eigenvalue weighted by atomic mass is 9.89.